The number of halogens is 1. The summed E-state index contributed by atoms with van der Waals surface area (Å²) in [6.45, 7) is 43.2. The van der Waals surface area contributed by atoms with E-state index in [1.165, 1.54) is 79.6 Å². The second kappa shape index (κ2) is 44.7. The molecule has 30 heteroatoms. The van der Waals surface area contributed by atoms with Gasteiger partial charge in [-0.05, 0) is 46.5 Å². The number of carbonyl (C=O) groups is 9. The highest BCUT2D eigenvalue weighted by Gasteiger charge is 2.54. The molecule has 4 saturated heterocycles. The molecule has 3 unspecified atom stereocenters. The Morgan fingerprint density at radius 1 is 0.436 bits per heavy atom. The summed E-state index contributed by atoms with van der Waals surface area (Å²) in [5.41, 5.74) is 5.58. The predicted molar refractivity (Wildman–Crippen MR) is 359 cm³/mol. The first-order valence-electron chi connectivity index (χ1n) is 30.5. The Kier molecular flexibility index (Phi) is 43.2. The second-order valence-electron chi connectivity index (χ2n) is 23.0. The zero-order valence-electron chi connectivity index (χ0n) is 57.6. The smallest absolute Gasteiger partial charge is 0.305 e. The number of hydrogen-bond acceptors (Lipinski definition) is 27. The Morgan fingerprint density at radius 3 is 1.02 bits per heavy atom. The number of esters is 9. The molecular formula is C64H107BrN2O24S3. The van der Waals surface area contributed by atoms with Crippen molar-refractivity contribution >= 4 is 108 Å². The molecule has 0 spiro atoms. The van der Waals surface area contributed by atoms with Crippen molar-refractivity contribution in [3.8, 4) is 0 Å². The number of carbonyl (C=O) groups excluding carboxylic acids is 9. The van der Waals surface area contributed by atoms with E-state index in [-0.39, 0.29) is 71.7 Å². The van der Waals surface area contributed by atoms with Crippen LogP contribution in [-0.4, -0.2) is 180 Å². The molecule has 0 radical (unpaired) electrons. The van der Waals surface area contributed by atoms with Crippen LogP contribution >= 0.6 is 39.5 Å². The highest BCUT2D eigenvalue weighted by Crippen LogP contribution is 2.40. The Bertz CT molecular complexity index is 2570. The fourth-order valence-corrected chi connectivity index (χ4v) is 13.9. The van der Waals surface area contributed by atoms with Crippen LogP contribution in [0.4, 0.5) is 0 Å². The third-order valence-electron chi connectivity index (χ3n) is 14.1. The first-order valence-corrected chi connectivity index (χ1v) is 35.3. The zero-order chi connectivity index (χ0) is 72.1. The number of alkyl halides is 1. The third-order valence-corrected chi connectivity index (χ3v) is 19.3. The summed E-state index contributed by atoms with van der Waals surface area (Å²) in [4.78, 5) is 102. The number of hydrogen-bond donors (Lipinski definition) is 2. The molecule has 4 fully saturated rings. The van der Waals surface area contributed by atoms with E-state index in [9.17, 15) is 51.6 Å². The topological polar surface area (TPSA) is 358 Å². The van der Waals surface area contributed by atoms with Gasteiger partial charge in [-0.25, -0.2) is 8.42 Å². The number of thioether (sulfide) groups is 2. The number of sulfone groups is 1. The number of nitrogens with one attached hydrogen (secondary N) is 1. The minimum absolute atomic E-state index is 0. The Hall–Kier alpha value is -5.11. The zero-order valence-corrected chi connectivity index (χ0v) is 61.6. The SMILES string of the molecule is C.C=C(C)CBr.C=C(C)CS(=O)(=O)C1O[C@H](CC)[C@@H](C)[C@H](OC(C)=O)[C@H]1OC(C)=O.C=C(C)CSC1O[C@H](CC)[C@@H](C)[C@H](OC(C)=O)[C@H]1OC(C)=O.CC[C@H]1OC(SC(=N)N)[C@H](OC(C)=O)[C@@H](OC(C)=O)[C@@H]1C.CC[C@H]1O[C@H](OC(C)=O)[C@H](OC(C)=O)[C@@H](OC(C)=O)[C@@H]1C. The molecule has 26 nitrogen and oxygen atoms in total. The van der Waals surface area contributed by atoms with Crippen molar-refractivity contribution in [3.63, 3.8) is 0 Å². The minimum Gasteiger partial charge on any atom is -0.458 e. The van der Waals surface area contributed by atoms with Crippen LogP contribution in [0, 0.1) is 29.1 Å². The van der Waals surface area contributed by atoms with Gasteiger partial charge in [-0.1, -0.05) is 127 Å². The Balaban J connectivity index is 0. The Morgan fingerprint density at radius 2 is 0.713 bits per heavy atom. The number of ether oxygens (including phenoxy) is 13. The molecule has 94 heavy (non-hydrogen) atoms. The van der Waals surface area contributed by atoms with Gasteiger partial charge >= 0.3 is 53.7 Å². The van der Waals surface area contributed by atoms with Gasteiger partial charge in [0.15, 0.2) is 44.2 Å². The van der Waals surface area contributed by atoms with Gasteiger partial charge in [-0.3, -0.25) is 48.6 Å². The van der Waals surface area contributed by atoms with Crippen molar-refractivity contribution in [2.45, 2.75) is 267 Å². The molecule has 0 aromatic heterocycles. The molecule has 4 aliphatic heterocycles. The maximum absolute atomic E-state index is 12.7. The lowest BCUT2D eigenvalue weighted by Gasteiger charge is -2.44. The van der Waals surface area contributed by atoms with E-state index < -0.39 is 130 Å². The van der Waals surface area contributed by atoms with Crippen LogP contribution in [0.5, 0.6) is 0 Å². The van der Waals surface area contributed by atoms with Crippen molar-refractivity contribution in [1.29, 1.82) is 5.41 Å². The molecule has 3 N–H and O–H groups in total. The summed E-state index contributed by atoms with van der Waals surface area (Å²) in [6.07, 6.45) is -5.66. The maximum atomic E-state index is 12.7. The summed E-state index contributed by atoms with van der Waals surface area (Å²) >= 11 is 5.68. The lowest BCUT2D eigenvalue weighted by atomic mass is 9.89. The monoisotopic (exact) mass is 1460 g/mol. The normalized spacial score (nSPS) is 29.9. The molecule has 0 aliphatic carbocycles. The predicted octanol–water partition coefficient (Wildman–Crippen LogP) is 9.57. The summed E-state index contributed by atoms with van der Waals surface area (Å²) in [5.74, 6) is -4.91. The molecule has 0 aromatic carbocycles. The number of rotatable bonds is 21. The summed E-state index contributed by atoms with van der Waals surface area (Å²) in [7, 11) is -3.80. The quantitative estimate of drug-likeness (QED) is 0.0269. The highest BCUT2D eigenvalue weighted by molar-refractivity contribution is 9.09. The maximum Gasteiger partial charge on any atom is 0.305 e. The molecule has 0 saturated carbocycles. The van der Waals surface area contributed by atoms with Crippen LogP contribution in [0.3, 0.4) is 0 Å². The van der Waals surface area contributed by atoms with E-state index in [2.05, 4.69) is 35.7 Å². The van der Waals surface area contributed by atoms with Crippen LogP contribution in [0.25, 0.3) is 0 Å². The van der Waals surface area contributed by atoms with E-state index in [0.717, 1.165) is 29.1 Å². The van der Waals surface area contributed by atoms with Gasteiger partial charge in [0.1, 0.15) is 29.9 Å². The second-order valence-corrected chi connectivity index (χ2v) is 27.9. The summed E-state index contributed by atoms with van der Waals surface area (Å²) in [5, 5.41) is 8.17. The molecule has 0 aromatic rings. The number of amidine groups is 1. The molecular weight excluding hydrogens is 1360 g/mol. The molecule has 542 valence electrons. The number of nitrogens with two attached hydrogens (primary N) is 1. The lowest BCUT2D eigenvalue weighted by Crippen LogP contribution is -2.59. The van der Waals surface area contributed by atoms with Gasteiger partial charge in [-0.15, -0.1) is 11.8 Å². The van der Waals surface area contributed by atoms with Crippen LogP contribution in [-0.2, 0) is 115 Å². The molecule has 4 rings (SSSR count). The van der Waals surface area contributed by atoms with Crippen LogP contribution in [0.15, 0.2) is 36.5 Å². The van der Waals surface area contributed by atoms with Gasteiger partial charge in [0.05, 0.1) is 30.2 Å². The van der Waals surface area contributed by atoms with E-state index in [1.807, 2.05) is 62.3 Å². The largest absolute Gasteiger partial charge is 0.458 e. The van der Waals surface area contributed by atoms with Crippen molar-refractivity contribution in [2.75, 3.05) is 16.8 Å². The van der Waals surface area contributed by atoms with Crippen molar-refractivity contribution in [3.05, 3.63) is 36.5 Å². The van der Waals surface area contributed by atoms with Gasteiger partial charge in [-0.2, -0.15) is 0 Å². The molecule has 4 heterocycles. The van der Waals surface area contributed by atoms with E-state index in [4.69, 9.17) is 72.7 Å². The lowest BCUT2D eigenvalue weighted by molar-refractivity contribution is -0.281. The first kappa shape index (κ1) is 90.9. The van der Waals surface area contributed by atoms with E-state index in [1.54, 1.807) is 13.8 Å². The Labute approximate surface area is 573 Å². The van der Waals surface area contributed by atoms with Crippen molar-refractivity contribution in [2.24, 2.45) is 29.4 Å². The minimum atomic E-state index is -3.80. The van der Waals surface area contributed by atoms with Gasteiger partial charge in [0, 0.05) is 97.1 Å². The molecule has 0 bridgehead atoms. The van der Waals surface area contributed by atoms with E-state index >= 15 is 0 Å². The number of allylic oxidation sites excluding steroid dienone is 1. The van der Waals surface area contributed by atoms with Crippen LogP contribution in [0.2, 0.25) is 0 Å². The van der Waals surface area contributed by atoms with Crippen molar-refractivity contribution < 1.29 is 113 Å². The van der Waals surface area contributed by atoms with Gasteiger partial charge in [0.2, 0.25) is 12.4 Å². The fourth-order valence-electron chi connectivity index (χ4n) is 10.3. The summed E-state index contributed by atoms with van der Waals surface area (Å²) < 4.78 is 96.2. The first-order chi connectivity index (χ1) is 43.0. The van der Waals surface area contributed by atoms with Crippen LogP contribution < -0.4 is 5.73 Å². The van der Waals surface area contributed by atoms with Gasteiger partial charge in [0.25, 0.3) is 0 Å². The highest BCUT2D eigenvalue weighted by atomic mass is 79.9. The average Bonchev–Trinajstić information content (AvgIpc) is 0.796. The molecule has 0 amide bonds. The molecule has 20 atom stereocenters. The fraction of sp³-hybridized carbons (Fsp3) is 0.750. The third kappa shape index (κ3) is 32.3. The van der Waals surface area contributed by atoms with Crippen molar-refractivity contribution in [1.82, 2.24) is 0 Å². The van der Waals surface area contributed by atoms with Gasteiger partial charge < -0.3 is 67.3 Å². The standard InChI is InChI=1S/C16H26O7S.C16H26O5S.C14H22O7.C13H22N2O5S.C4H7Br.CH4/c1-7-13-10(4)14(21-11(5)17)15(22-12(6)18)16(23-13)24(19,20)8-9(2)3;1-7-13-10(4)14(19-11(5)17)15(20-12(6)18)16(21-13)22-8-9(2)3;1-6-11-7(2)12(18-8(3)15)13(19-9(4)16)14(21-11)20-10(5)17;1-5-9-6(2)10(18-7(3)16)11(19-8(4)17)12(20-9)21-13(14)15;1-4(2)3-5;/h10,13-16H,2,7-8H2,1,3-6H3;10,13-16H,2,7-8H2,1,3-6H3;7,11-14H,6H2,1-5H3;6,9-12H,5H2,1-4H3,(H3,14,15);1,3H2,2H3;1H4/t2*10-,13-,14+,15-,16?;7-,11-,12+,13-,14+;6-,9-,10+,11-,12?;;/m1111../s1. The van der Waals surface area contributed by atoms with E-state index in [0.29, 0.717) is 30.6 Å². The molecule has 4 aliphatic rings. The summed E-state index contributed by atoms with van der Waals surface area (Å²) in [6, 6.07) is 0. The average molecular weight is 1460 g/mol. The van der Waals surface area contributed by atoms with Crippen LogP contribution in [0.1, 0.15) is 172 Å².